The van der Waals surface area contributed by atoms with Crippen molar-refractivity contribution in [2.24, 2.45) is 0 Å². The third kappa shape index (κ3) is 3.20. The average Bonchev–Trinajstić information content (AvgIpc) is 2.98. The second kappa shape index (κ2) is 6.25. The number of methoxy groups -OCH3 is 1. The van der Waals surface area contributed by atoms with E-state index < -0.39 is 0 Å². The van der Waals surface area contributed by atoms with Crippen LogP contribution in [0.25, 0.3) is 5.65 Å². The number of fused-ring (bicyclic) bond motifs is 1. The quantitative estimate of drug-likeness (QED) is 0.839. The highest BCUT2D eigenvalue weighted by Crippen LogP contribution is 2.18. The number of carbonyl (C=O) groups is 1. The van der Waals surface area contributed by atoms with E-state index in [1.165, 1.54) is 0 Å². The molecule has 0 unspecified atom stereocenters. The van der Waals surface area contributed by atoms with E-state index in [9.17, 15) is 4.79 Å². The Hall–Kier alpha value is -1.99. The van der Waals surface area contributed by atoms with E-state index in [2.05, 4.69) is 28.8 Å². The van der Waals surface area contributed by atoms with Crippen LogP contribution in [-0.2, 0) is 4.74 Å². The van der Waals surface area contributed by atoms with E-state index in [0.717, 1.165) is 13.1 Å². The maximum atomic E-state index is 12.6. The SMILES string of the molecule is COCC(C)(C)N1CCN(C(=O)c2cc3ncccn3n2)CC1. The molecule has 1 amide bonds. The van der Waals surface area contributed by atoms with Gasteiger partial charge < -0.3 is 9.64 Å². The van der Waals surface area contributed by atoms with Gasteiger partial charge in [-0.25, -0.2) is 9.50 Å². The van der Waals surface area contributed by atoms with Crippen molar-refractivity contribution in [1.82, 2.24) is 24.4 Å². The third-order valence-electron chi connectivity index (χ3n) is 4.38. The van der Waals surface area contributed by atoms with Gasteiger partial charge in [-0.1, -0.05) is 0 Å². The molecular weight excluding hydrogens is 294 g/mol. The van der Waals surface area contributed by atoms with Gasteiger partial charge in [0.05, 0.1) is 6.61 Å². The lowest BCUT2D eigenvalue weighted by Gasteiger charge is -2.43. The van der Waals surface area contributed by atoms with E-state index in [1.807, 2.05) is 4.90 Å². The van der Waals surface area contributed by atoms with Crippen LogP contribution in [0.2, 0.25) is 0 Å². The predicted octanol–water partition coefficient (Wildman–Crippen LogP) is 0.912. The highest BCUT2D eigenvalue weighted by Gasteiger charge is 2.32. The van der Waals surface area contributed by atoms with E-state index >= 15 is 0 Å². The summed E-state index contributed by atoms with van der Waals surface area (Å²) >= 11 is 0. The fourth-order valence-corrected chi connectivity index (χ4v) is 3.06. The molecule has 7 nitrogen and oxygen atoms in total. The second-order valence-corrected chi connectivity index (χ2v) is 6.48. The number of hydrogen-bond donors (Lipinski definition) is 0. The zero-order valence-corrected chi connectivity index (χ0v) is 13.9. The molecule has 0 bridgehead atoms. The van der Waals surface area contributed by atoms with Crippen molar-refractivity contribution >= 4 is 11.6 Å². The number of aromatic nitrogens is 3. The molecule has 0 aliphatic carbocycles. The largest absolute Gasteiger partial charge is 0.383 e. The third-order valence-corrected chi connectivity index (χ3v) is 4.38. The Bertz CT molecular complexity index is 656. The molecule has 1 fully saturated rings. The molecule has 2 aromatic rings. The Morgan fingerprint density at radius 1 is 1.30 bits per heavy atom. The minimum atomic E-state index is -0.0281. The van der Waals surface area contributed by atoms with Crippen molar-refractivity contribution in [3.05, 3.63) is 30.2 Å². The topological polar surface area (TPSA) is 63.0 Å². The van der Waals surface area contributed by atoms with Gasteiger partial charge in [0.25, 0.3) is 5.91 Å². The first kappa shape index (κ1) is 15.9. The molecule has 0 atom stereocenters. The zero-order valence-electron chi connectivity index (χ0n) is 13.9. The molecular formula is C16H23N5O2. The molecule has 2 aromatic heterocycles. The highest BCUT2D eigenvalue weighted by atomic mass is 16.5. The first-order valence-electron chi connectivity index (χ1n) is 7.85. The van der Waals surface area contributed by atoms with Crippen LogP contribution in [0.3, 0.4) is 0 Å². The van der Waals surface area contributed by atoms with Gasteiger partial charge in [-0.15, -0.1) is 0 Å². The highest BCUT2D eigenvalue weighted by molar-refractivity contribution is 5.93. The Labute approximate surface area is 135 Å². The second-order valence-electron chi connectivity index (χ2n) is 6.48. The van der Waals surface area contributed by atoms with Gasteiger partial charge in [0.1, 0.15) is 0 Å². The monoisotopic (exact) mass is 317 g/mol. The molecule has 1 aliphatic heterocycles. The van der Waals surface area contributed by atoms with Crippen molar-refractivity contribution < 1.29 is 9.53 Å². The predicted molar refractivity (Wildman–Crippen MR) is 86.4 cm³/mol. The van der Waals surface area contributed by atoms with Crippen molar-refractivity contribution in [2.75, 3.05) is 39.9 Å². The standard InChI is InChI=1S/C16H23N5O2/c1-16(2,12-23-3)20-9-7-19(8-10-20)15(22)13-11-14-17-5-4-6-21(14)18-13/h4-6,11H,7-10,12H2,1-3H3. The molecule has 0 radical (unpaired) electrons. The molecule has 7 heteroatoms. The van der Waals surface area contributed by atoms with Crippen LogP contribution < -0.4 is 0 Å². The van der Waals surface area contributed by atoms with Gasteiger partial charge in [0, 0.05) is 57.3 Å². The van der Waals surface area contributed by atoms with E-state index in [-0.39, 0.29) is 11.4 Å². The zero-order chi connectivity index (χ0) is 16.4. The van der Waals surface area contributed by atoms with Gasteiger partial charge in [0.15, 0.2) is 11.3 Å². The summed E-state index contributed by atoms with van der Waals surface area (Å²) in [5.41, 5.74) is 1.13. The first-order valence-corrected chi connectivity index (χ1v) is 7.85. The summed E-state index contributed by atoms with van der Waals surface area (Å²) in [7, 11) is 1.72. The Morgan fingerprint density at radius 3 is 2.70 bits per heavy atom. The van der Waals surface area contributed by atoms with Crippen LogP contribution in [0.5, 0.6) is 0 Å². The molecule has 3 heterocycles. The number of rotatable bonds is 4. The molecule has 0 saturated carbocycles. The maximum absolute atomic E-state index is 12.6. The first-order chi connectivity index (χ1) is 11.0. The summed E-state index contributed by atoms with van der Waals surface area (Å²) in [6.07, 6.45) is 3.49. The van der Waals surface area contributed by atoms with Crippen LogP contribution in [0.4, 0.5) is 0 Å². The van der Waals surface area contributed by atoms with Crippen molar-refractivity contribution in [1.29, 1.82) is 0 Å². The molecule has 1 aliphatic rings. The lowest BCUT2D eigenvalue weighted by molar-refractivity contribution is 0.00357. The van der Waals surface area contributed by atoms with Gasteiger partial charge >= 0.3 is 0 Å². The van der Waals surface area contributed by atoms with Crippen LogP contribution >= 0.6 is 0 Å². The van der Waals surface area contributed by atoms with E-state index in [4.69, 9.17) is 4.74 Å². The average molecular weight is 317 g/mol. The Kier molecular flexibility index (Phi) is 4.32. The fraction of sp³-hybridized carbons (Fsp3) is 0.562. The summed E-state index contributed by atoms with van der Waals surface area (Å²) < 4.78 is 6.93. The number of amides is 1. The molecule has 1 saturated heterocycles. The molecule has 0 aromatic carbocycles. The summed E-state index contributed by atoms with van der Waals surface area (Å²) in [6.45, 7) is 8.10. The minimum Gasteiger partial charge on any atom is -0.383 e. The van der Waals surface area contributed by atoms with Gasteiger partial charge in [-0.2, -0.15) is 5.10 Å². The number of ether oxygens (including phenoxy) is 1. The summed E-state index contributed by atoms with van der Waals surface area (Å²) in [4.78, 5) is 21.1. The molecule has 3 rings (SSSR count). The summed E-state index contributed by atoms with van der Waals surface area (Å²) in [5, 5.41) is 4.31. The minimum absolute atomic E-state index is 0.0170. The van der Waals surface area contributed by atoms with Crippen molar-refractivity contribution in [3.63, 3.8) is 0 Å². The summed E-state index contributed by atoms with van der Waals surface area (Å²) in [6, 6.07) is 3.54. The van der Waals surface area contributed by atoms with Crippen LogP contribution in [0.15, 0.2) is 24.5 Å². The van der Waals surface area contributed by atoms with E-state index in [1.54, 1.807) is 36.2 Å². The van der Waals surface area contributed by atoms with Crippen LogP contribution in [0, 0.1) is 0 Å². The number of hydrogen-bond acceptors (Lipinski definition) is 5. The molecule has 23 heavy (non-hydrogen) atoms. The van der Waals surface area contributed by atoms with Crippen LogP contribution in [-0.4, -0.2) is 75.7 Å². The summed E-state index contributed by atoms with van der Waals surface area (Å²) in [5.74, 6) is -0.0281. The van der Waals surface area contributed by atoms with Gasteiger partial charge in [-0.3, -0.25) is 9.69 Å². The number of carbonyl (C=O) groups excluding carboxylic acids is 1. The molecule has 0 spiro atoms. The fourth-order valence-electron chi connectivity index (χ4n) is 3.06. The maximum Gasteiger partial charge on any atom is 0.274 e. The Morgan fingerprint density at radius 2 is 2.04 bits per heavy atom. The molecule has 0 N–H and O–H groups in total. The van der Waals surface area contributed by atoms with Crippen molar-refractivity contribution in [2.45, 2.75) is 19.4 Å². The van der Waals surface area contributed by atoms with Gasteiger partial charge in [-0.05, 0) is 19.9 Å². The number of nitrogens with zero attached hydrogens (tertiary/aromatic N) is 5. The number of piperazine rings is 1. The van der Waals surface area contributed by atoms with Gasteiger partial charge in [0.2, 0.25) is 0 Å². The normalized spacial score (nSPS) is 16.9. The van der Waals surface area contributed by atoms with Crippen molar-refractivity contribution in [3.8, 4) is 0 Å². The lowest BCUT2D eigenvalue weighted by Crippen LogP contribution is -2.57. The van der Waals surface area contributed by atoms with E-state index in [0.29, 0.717) is 31.0 Å². The lowest BCUT2D eigenvalue weighted by atomic mass is 10.0. The molecule has 124 valence electrons. The van der Waals surface area contributed by atoms with Crippen LogP contribution in [0.1, 0.15) is 24.3 Å². The Balaban J connectivity index is 1.66. The smallest absolute Gasteiger partial charge is 0.274 e.